The number of hydrogen-bond acceptors (Lipinski definition) is 3. The molecule has 1 aliphatic heterocycles. The molecule has 0 radical (unpaired) electrons. The number of nitrogens with zero attached hydrogens (tertiary/aromatic N) is 2. The van der Waals surface area contributed by atoms with E-state index in [9.17, 15) is 9.90 Å². The van der Waals surface area contributed by atoms with Gasteiger partial charge in [0, 0.05) is 17.7 Å². The topological polar surface area (TPSA) is 55.1 Å². The molecule has 1 saturated carbocycles. The van der Waals surface area contributed by atoms with Gasteiger partial charge in [-0.1, -0.05) is 0 Å². The van der Waals surface area contributed by atoms with E-state index in [1.807, 2.05) is 17.8 Å². The highest BCUT2D eigenvalue weighted by Gasteiger charge is 2.32. The summed E-state index contributed by atoms with van der Waals surface area (Å²) in [4.78, 5) is 16.1. The second-order valence-corrected chi connectivity index (χ2v) is 7.14. The van der Waals surface area contributed by atoms with Gasteiger partial charge in [0.2, 0.25) is 0 Å². The van der Waals surface area contributed by atoms with Crippen LogP contribution in [-0.4, -0.2) is 32.1 Å². The van der Waals surface area contributed by atoms with E-state index in [0.717, 1.165) is 16.8 Å². The Balaban J connectivity index is 1.88. The third kappa shape index (κ3) is 2.33. The molecule has 2 aromatic rings. The van der Waals surface area contributed by atoms with E-state index in [1.165, 1.54) is 37.3 Å². The smallest absolute Gasteiger partial charge is 0.335 e. The molecule has 2 aliphatic rings. The Morgan fingerprint density at radius 2 is 2.19 bits per heavy atom. The maximum atomic E-state index is 11.3. The first kappa shape index (κ1) is 13.2. The Kier molecular flexibility index (Phi) is 3.17. The maximum Gasteiger partial charge on any atom is 0.335 e. The van der Waals surface area contributed by atoms with Gasteiger partial charge < -0.3 is 9.67 Å². The third-order valence-electron chi connectivity index (χ3n) is 4.41. The van der Waals surface area contributed by atoms with Crippen LogP contribution in [0.3, 0.4) is 0 Å². The van der Waals surface area contributed by atoms with Crippen molar-refractivity contribution in [1.82, 2.24) is 9.55 Å². The summed E-state index contributed by atoms with van der Waals surface area (Å²) in [6.07, 6.45) is 4.84. The fraction of sp³-hybridized carbons (Fsp3) is 0.500. The lowest BCUT2D eigenvalue weighted by Gasteiger charge is -2.25. The van der Waals surface area contributed by atoms with Gasteiger partial charge >= 0.3 is 5.97 Å². The lowest BCUT2D eigenvalue weighted by Crippen LogP contribution is -2.18. The molecule has 1 saturated heterocycles. The van der Waals surface area contributed by atoms with Gasteiger partial charge in [-0.2, -0.15) is 11.8 Å². The van der Waals surface area contributed by atoms with E-state index >= 15 is 0 Å². The fourth-order valence-corrected chi connectivity index (χ4v) is 4.31. The molecule has 1 N–H and O–H groups in total. The monoisotopic (exact) mass is 302 g/mol. The minimum Gasteiger partial charge on any atom is -0.478 e. The summed E-state index contributed by atoms with van der Waals surface area (Å²) in [6.45, 7) is 0. The first-order chi connectivity index (χ1) is 10.2. The molecule has 110 valence electrons. The number of carbonyl (C=O) groups is 1. The number of aromatic carboxylic acids is 1. The summed E-state index contributed by atoms with van der Waals surface area (Å²) in [5.74, 6) is 3.25. The summed E-state index contributed by atoms with van der Waals surface area (Å²) < 4.78 is 2.35. The number of imidazole rings is 1. The fourth-order valence-electron chi connectivity index (χ4n) is 3.19. The van der Waals surface area contributed by atoms with E-state index in [1.54, 1.807) is 12.1 Å². The highest BCUT2D eigenvalue weighted by Crippen LogP contribution is 2.43. The number of rotatable bonds is 3. The first-order valence-electron chi connectivity index (χ1n) is 7.57. The van der Waals surface area contributed by atoms with E-state index < -0.39 is 5.97 Å². The Morgan fingerprint density at radius 3 is 2.86 bits per heavy atom. The van der Waals surface area contributed by atoms with Crippen LogP contribution < -0.4 is 0 Å². The number of aromatic nitrogens is 2. The SMILES string of the molecule is O=C(O)c1ccc2nc(C3CC3)n(C3CCCSC3)c2c1. The first-order valence-corrected chi connectivity index (χ1v) is 8.72. The average molecular weight is 302 g/mol. The molecule has 0 spiro atoms. The van der Waals surface area contributed by atoms with Crippen molar-refractivity contribution in [3.05, 3.63) is 29.6 Å². The largest absolute Gasteiger partial charge is 0.478 e. The molecule has 2 fully saturated rings. The minimum absolute atomic E-state index is 0.356. The summed E-state index contributed by atoms with van der Waals surface area (Å²) in [5.41, 5.74) is 2.30. The van der Waals surface area contributed by atoms with Gasteiger partial charge in [-0.15, -0.1) is 0 Å². The van der Waals surface area contributed by atoms with Crippen molar-refractivity contribution in [2.75, 3.05) is 11.5 Å². The number of thioether (sulfide) groups is 1. The lowest BCUT2D eigenvalue weighted by atomic mass is 10.1. The van der Waals surface area contributed by atoms with E-state index in [4.69, 9.17) is 4.98 Å². The quantitative estimate of drug-likeness (QED) is 0.939. The summed E-state index contributed by atoms with van der Waals surface area (Å²) in [5, 5.41) is 9.24. The highest BCUT2D eigenvalue weighted by atomic mass is 32.2. The Hall–Kier alpha value is -1.49. The molecule has 0 amide bonds. The molecular weight excluding hydrogens is 284 g/mol. The van der Waals surface area contributed by atoms with Gasteiger partial charge in [0.25, 0.3) is 0 Å². The zero-order valence-electron chi connectivity index (χ0n) is 11.8. The van der Waals surface area contributed by atoms with E-state index in [0.29, 0.717) is 17.5 Å². The predicted octanol–water partition coefficient (Wildman–Crippen LogP) is 3.68. The summed E-state index contributed by atoms with van der Waals surface area (Å²) in [7, 11) is 0. The second kappa shape index (κ2) is 5.05. The van der Waals surface area contributed by atoms with Gasteiger partial charge in [-0.3, -0.25) is 0 Å². The normalized spacial score (nSPS) is 22.6. The van der Waals surface area contributed by atoms with Crippen molar-refractivity contribution in [3.8, 4) is 0 Å². The van der Waals surface area contributed by atoms with Crippen LogP contribution in [-0.2, 0) is 0 Å². The molecule has 1 aromatic heterocycles. The predicted molar refractivity (Wildman–Crippen MR) is 84.3 cm³/mol. The van der Waals surface area contributed by atoms with Gasteiger partial charge in [0.15, 0.2) is 0 Å². The molecule has 0 bridgehead atoms. The van der Waals surface area contributed by atoms with Crippen LogP contribution in [0.2, 0.25) is 0 Å². The van der Waals surface area contributed by atoms with Gasteiger partial charge in [0.05, 0.1) is 16.6 Å². The molecule has 2 heterocycles. The molecule has 1 atom stereocenters. The molecule has 1 aromatic carbocycles. The summed E-state index contributed by atoms with van der Waals surface area (Å²) >= 11 is 2.00. The van der Waals surface area contributed by atoms with Crippen molar-refractivity contribution in [1.29, 1.82) is 0 Å². The third-order valence-corrected chi connectivity index (χ3v) is 5.61. The number of hydrogen-bond donors (Lipinski definition) is 1. The zero-order valence-corrected chi connectivity index (χ0v) is 12.6. The average Bonchev–Trinajstić information content (AvgIpc) is 3.28. The molecule has 5 heteroatoms. The van der Waals surface area contributed by atoms with Crippen LogP contribution in [0.15, 0.2) is 18.2 Å². The van der Waals surface area contributed by atoms with Crippen molar-refractivity contribution < 1.29 is 9.90 Å². The molecule has 4 rings (SSSR count). The van der Waals surface area contributed by atoms with Gasteiger partial charge in [-0.05, 0) is 49.6 Å². The standard InChI is InChI=1S/C16H18N2O2S/c19-16(20)11-5-6-13-14(8-11)18(12-2-1-7-21-9-12)15(17-13)10-3-4-10/h5-6,8,10,12H,1-4,7,9H2,(H,19,20). The van der Waals surface area contributed by atoms with Crippen LogP contribution >= 0.6 is 11.8 Å². The molecule has 21 heavy (non-hydrogen) atoms. The number of carboxylic acid groups (broad SMARTS) is 1. The Morgan fingerprint density at radius 1 is 1.33 bits per heavy atom. The Bertz CT molecular complexity index is 700. The van der Waals surface area contributed by atoms with Crippen LogP contribution in [0.25, 0.3) is 11.0 Å². The molecule has 1 aliphatic carbocycles. The van der Waals surface area contributed by atoms with Crippen LogP contribution in [0.1, 0.15) is 53.8 Å². The lowest BCUT2D eigenvalue weighted by molar-refractivity contribution is 0.0697. The minimum atomic E-state index is -0.865. The van der Waals surface area contributed by atoms with E-state index in [2.05, 4.69) is 4.57 Å². The van der Waals surface area contributed by atoms with Crippen molar-refractivity contribution in [2.45, 2.75) is 37.6 Å². The molecule has 4 nitrogen and oxygen atoms in total. The maximum absolute atomic E-state index is 11.3. The summed E-state index contributed by atoms with van der Waals surface area (Å²) in [6, 6.07) is 5.79. The highest BCUT2D eigenvalue weighted by molar-refractivity contribution is 7.99. The number of benzene rings is 1. The van der Waals surface area contributed by atoms with Gasteiger partial charge in [0.1, 0.15) is 5.82 Å². The zero-order chi connectivity index (χ0) is 14.4. The van der Waals surface area contributed by atoms with E-state index in [-0.39, 0.29) is 0 Å². The van der Waals surface area contributed by atoms with Gasteiger partial charge in [-0.25, -0.2) is 9.78 Å². The van der Waals surface area contributed by atoms with Crippen LogP contribution in [0.4, 0.5) is 0 Å². The Labute approximate surface area is 127 Å². The van der Waals surface area contributed by atoms with Crippen molar-refractivity contribution in [2.24, 2.45) is 0 Å². The van der Waals surface area contributed by atoms with Crippen molar-refractivity contribution in [3.63, 3.8) is 0 Å². The molecule has 1 unspecified atom stereocenters. The van der Waals surface area contributed by atoms with Crippen LogP contribution in [0.5, 0.6) is 0 Å². The number of fused-ring (bicyclic) bond motifs is 1. The molecular formula is C16H18N2O2S. The van der Waals surface area contributed by atoms with Crippen molar-refractivity contribution >= 4 is 28.8 Å². The second-order valence-electron chi connectivity index (χ2n) is 5.99. The van der Waals surface area contributed by atoms with Crippen LogP contribution in [0, 0.1) is 0 Å². The number of carboxylic acids is 1.